The van der Waals surface area contributed by atoms with Crippen molar-refractivity contribution < 1.29 is 23.2 Å². The Morgan fingerprint density at radius 3 is 2.45 bits per heavy atom. The molecule has 0 spiro atoms. The molecule has 22 heavy (non-hydrogen) atoms. The van der Waals surface area contributed by atoms with Gasteiger partial charge in [0.1, 0.15) is 9.86 Å². The number of aromatic hydroxyl groups is 1. The number of nitrogens with one attached hydrogen (secondary N) is 1. The third-order valence-electron chi connectivity index (χ3n) is 2.74. The normalized spacial score (nSPS) is 11.6. The maximum absolute atomic E-state index is 12.9. The largest absolute Gasteiger partial charge is 0.501 e. The molecule has 1 aromatic carbocycles. The summed E-state index contributed by atoms with van der Waals surface area (Å²) in [6.45, 7) is 0. The molecule has 0 saturated heterocycles. The number of nitro groups is 1. The minimum Gasteiger partial charge on any atom is -0.501 e. The van der Waals surface area contributed by atoms with Crippen molar-refractivity contribution in [1.29, 1.82) is 0 Å². The van der Waals surface area contributed by atoms with E-state index in [1.165, 1.54) is 0 Å². The summed E-state index contributed by atoms with van der Waals surface area (Å²) in [6, 6.07) is 0.405. The molecule has 0 aliphatic heterocycles. The van der Waals surface area contributed by atoms with E-state index in [1.54, 1.807) is 0 Å². The maximum Gasteiger partial charge on any atom is 0.417 e. The van der Waals surface area contributed by atoms with Gasteiger partial charge < -0.3 is 10.1 Å². The lowest BCUT2D eigenvalue weighted by molar-refractivity contribution is -0.384. The Bertz CT molecular complexity index is 877. The van der Waals surface area contributed by atoms with E-state index >= 15 is 0 Å². The molecule has 8 nitrogen and oxygen atoms in total. The summed E-state index contributed by atoms with van der Waals surface area (Å²) in [5.74, 6) is -1.22. The molecule has 2 aromatic rings. The highest BCUT2D eigenvalue weighted by Gasteiger charge is 2.39. The van der Waals surface area contributed by atoms with Crippen molar-refractivity contribution in [2.75, 3.05) is 0 Å². The molecule has 0 saturated carbocycles. The van der Waals surface area contributed by atoms with E-state index < -0.39 is 54.7 Å². The van der Waals surface area contributed by atoms with Crippen LogP contribution in [0, 0.1) is 15.0 Å². The smallest absolute Gasteiger partial charge is 0.417 e. The highest BCUT2D eigenvalue weighted by molar-refractivity contribution is 9.10. The van der Waals surface area contributed by atoms with Crippen LogP contribution in [-0.2, 0) is 6.18 Å². The van der Waals surface area contributed by atoms with Gasteiger partial charge in [-0.15, -0.1) is 4.91 Å². The van der Waals surface area contributed by atoms with Crippen molar-refractivity contribution in [2.45, 2.75) is 6.18 Å². The second-order valence-corrected chi connectivity index (χ2v) is 4.80. The van der Waals surface area contributed by atoms with Crippen LogP contribution in [0.1, 0.15) is 5.56 Å². The standard InChI is InChI=1S/C10H3BrF3N3O5/c11-5-2(10(12,13)14)1-3-4(7(5)17(21)22)6(16-20)8(18)9(19)15-3/h1,18H,(H,15,19). The predicted octanol–water partition coefficient (Wildman–Crippen LogP) is 3.32. The lowest BCUT2D eigenvalue weighted by atomic mass is 10.1. The van der Waals surface area contributed by atoms with Gasteiger partial charge in [-0.1, -0.05) is 0 Å². The van der Waals surface area contributed by atoms with Gasteiger partial charge in [0, 0.05) is 0 Å². The van der Waals surface area contributed by atoms with Crippen LogP contribution in [0.3, 0.4) is 0 Å². The minimum absolute atomic E-state index is 0.405. The third-order valence-corrected chi connectivity index (χ3v) is 3.55. The number of hydrogen-bond acceptors (Lipinski definition) is 6. The van der Waals surface area contributed by atoms with E-state index in [2.05, 4.69) is 21.1 Å². The number of nitro benzene ring substituents is 1. The Balaban J connectivity index is 3.17. The number of hydrogen-bond donors (Lipinski definition) is 2. The fourth-order valence-electron chi connectivity index (χ4n) is 1.86. The van der Waals surface area contributed by atoms with Crippen LogP contribution >= 0.6 is 15.9 Å². The van der Waals surface area contributed by atoms with E-state index in [0.29, 0.717) is 6.07 Å². The van der Waals surface area contributed by atoms with Gasteiger partial charge in [0.2, 0.25) is 5.75 Å². The molecule has 0 atom stereocenters. The summed E-state index contributed by atoms with van der Waals surface area (Å²) in [5, 5.41) is 22.1. The van der Waals surface area contributed by atoms with E-state index in [9.17, 15) is 38.1 Å². The number of nitrogens with zero attached hydrogens (tertiary/aromatic N) is 2. The van der Waals surface area contributed by atoms with Crippen LogP contribution in [0.5, 0.6) is 5.75 Å². The number of halogens is 4. The van der Waals surface area contributed by atoms with E-state index in [4.69, 9.17) is 0 Å². The van der Waals surface area contributed by atoms with Gasteiger partial charge in [-0.25, -0.2) is 0 Å². The van der Waals surface area contributed by atoms with Crippen LogP contribution < -0.4 is 5.56 Å². The minimum atomic E-state index is -4.96. The van der Waals surface area contributed by atoms with Crippen molar-refractivity contribution >= 4 is 38.2 Å². The van der Waals surface area contributed by atoms with E-state index in [-0.39, 0.29) is 0 Å². The van der Waals surface area contributed by atoms with Gasteiger partial charge >= 0.3 is 6.18 Å². The molecule has 2 rings (SSSR count). The number of pyridine rings is 1. The molecule has 12 heteroatoms. The van der Waals surface area contributed by atoms with Crippen LogP contribution in [-0.4, -0.2) is 15.0 Å². The Morgan fingerprint density at radius 1 is 1.41 bits per heavy atom. The summed E-state index contributed by atoms with van der Waals surface area (Å²) in [6.07, 6.45) is -4.96. The second-order valence-electron chi connectivity index (χ2n) is 4.01. The number of aromatic nitrogens is 1. The highest BCUT2D eigenvalue weighted by atomic mass is 79.9. The third kappa shape index (κ3) is 2.30. The second kappa shape index (κ2) is 5.05. The molecule has 0 radical (unpaired) electrons. The molecule has 1 aromatic heterocycles. The van der Waals surface area contributed by atoms with E-state index in [1.807, 2.05) is 4.98 Å². The summed E-state index contributed by atoms with van der Waals surface area (Å²) in [7, 11) is 0. The Kier molecular flexibility index (Phi) is 3.64. The molecule has 0 amide bonds. The van der Waals surface area contributed by atoms with Crippen LogP contribution in [0.2, 0.25) is 0 Å². The van der Waals surface area contributed by atoms with Crippen molar-refractivity contribution in [3.05, 3.63) is 41.5 Å². The first-order valence-corrected chi connectivity index (χ1v) is 6.05. The number of alkyl halides is 3. The molecule has 0 unspecified atom stereocenters. The average Bonchev–Trinajstić information content (AvgIpc) is 2.38. The maximum atomic E-state index is 12.9. The Morgan fingerprint density at radius 2 is 2.00 bits per heavy atom. The quantitative estimate of drug-likeness (QED) is 0.468. The molecule has 0 bridgehead atoms. The van der Waals surface area contributed by atoms with Gasteiger partial charge in [-0.3, -0.25) is 14.9 Å². The predicted molar refractivity (Wildman–Crippen MR) is 71.0 cm³/mol. The summed E-state index contributed by atoms with van der Waals surface area (Å²) >= 11 is 2.47. The first-order valence-electron chi connectivity index (χ1n) is 5.26. The number of H-pyrrole nitrogens is 1. The van der Waals surface area contributed by atoms with Crippen LogP contribution in [0.25, 0.3) is 10.9 Å². The fourth-order valence-corrected chi connectivity index (χ4v) is 2.54. The molecule has 0 aliphatic carbocycles. The van der Waals surface area contributed by atoms with Crippen molar-refractivity contribution in [1.82, 2.24) is 4.98 Å². The summed E-state index contributed by atoms with van der Waals surface area (Å²) in [5.41, 5.74) is -5.54. The monoisotopic (exact) mass is 381 g/mol. The molecule has 0 fully saturated rings. The summed E-state index contributed by atoms with van der Waals surface area (Å²) < 4.78 is 37.8. The number of benzene rings is 1. The molecule has 2 N–H and O–H groups in total. The molecular weight excluding hydrogens is 379 g/mol. The van der Waals surface area contributed by atoms with Gasteiger partial charge in [-0.2, -0.15) is 13.2 Å². The van der Waals surface area contributed by atoms with Gasteiger partial charge in [0.15, 0.2) is 5.69 Å². The Hall–Kier alpha value is -2.50. The van der Waals surface area contributed by atoms with E-state index in [0.717, 1.165) is 0 Å². The molecule has 1 heterocycles. The average molecular weight is 382 g/mol. The SMILES string of the molecule is O=Nc1c(O)c(=O)[nH]c2cc(C(F)(F)F)c(Br)c([N+](=O)[O-])c12. The number of nitroso groups, excluding NO2 is 1. The number of rotatable bonds is 2. The van der Waals surface area contributed by atoms with Crippen molar-refractivity contribution in [3.63, 3.8) is 0 Å². The van der Waals surface area contributed by atoms with Crippen LogP contribution in [0.15, 0.2) is 20.5 Å². The number of aromatic amines is 1. The fraction of sp³-hybridized carbons (Fsp3) is 0.100. The molecule has 116 valence electrons. The Labute approximate surface area is 125 Å². The van der Waals surface area contributed by atoms with Gasteiger partial charge in [0.25, 0.3) is 11.2 Å². The van der Waals surface area contributed by atoms with Gasteiger partial charge in [-0.05, 0) is 27.2 Å². The van der Waals surface area contributed by atoms with Gasteiger partial charge in [0.05, 0.1) is 16.0 Å². The topological polar surface area (TPSA) is 126 Å². The lowest BCUT2D eigenvalue weighted by Gasteiger charge is -2.12. The first-order chi connectivity index (χ1) is 10.1. The summed E-state index contributed by atoms with van der Waals surface area (Å²) in [4.78, 5) is 33.8. The number of fused-ring (bicyclic) bond motifs is 1. The zero-order valence-electron chi connectivity index (χ0n) is 10.1. The molecular formula is C10H3BrF3N3O5. The van der Waals surface area contributed by atoms with Crippen LogP contribution in [0.4, 0.5) is 24.5 Å². The molecule has 0 aliphatic rings. The highest BCUT2D eigenvalue weighted by Crippen LogP contribution is 2.46. The first kappa shape index (κ1) is 15.9. The zero-order chi connectivity index (χ0) is 16.8. The lowest BCUT2D eigenvalue weighted by Crippen LogP contribution is -2.11. The van der Waals surface area contributed by atoms with Crippen molar-refractivity contribution in [3.8, 4) is 5.75 Å². The zero-order valence-corrected chi connectivity index (χ0v) is 11.6. The van der Waals surface area contributed by atoms with Crippen molar-refractivity contribution in [2.24, 2.45) is 5.18 Å².